The smallest absolute Gasteiger partial charge is 0.258 e. The van der Waals surface area contributed by atoms with Crippen LogP contribution in [0.3, 0.4) is 0 Å². The minimum Gasteiger partial charge on any atom is -0.396 e. The molecule has 4 atom stereocenters. The number of nitrogens with one attached hydrogen (secondary N) is 1. The summed E-state index contributed by atoms with van der Waals surface area (Å²) in [5.74, 6) is -1.65. The average Bonchev–Trinajstić information content (AvgIpc) is 3.59. The molecule has 1 fully saturated rings. The highest BCUT2D eigenvalue weighted by atomic mass is 19.1. The van der Waals surface area contributed by atoms with Gasteiger partial charge in [0.2, 0.25) is 11.8 Å². The van der Waals surface area contributed by atoms with E-state index in [-0.39, 0.29) is 48.7 Å². The number of aliphatic hydroxyl groups excluding tert-OH is 1. The quantitative estimate of drug-likeness (QED) is 0.667. The van der Waals surface area contributed by atoms with Gasteiger partial charge in [0.1, 0.15) is 11.9 Å². The number of amides is 2. The van der Waals surface area contributed by atoms with E-state index in [4.69, 9.17) is 0 Å². The number of rotatable bonds is 6. The molecule has 3 aliphatic rings. The molecule has 2 N–H and O–H groups in total. The maximum absolute atomic E-state index is 13.4. The molecular weight excluding hydrogens is 449 g/mol. The molecule has 1 aromatic carbocycles. The Balaban J connectivity index is 1.46. The van der Waals surface area contributed by atoms with Crippen LogP contribution < -0.4 is 10.9 Å². The Bertz CT molecular complexity index is 1240. The number of hydrogen-bond acceptors (Lipinski definition) is 4. The molecule has 35 heavy (non-hydrogen) atoms. The van der Waals surface area contributed by atoms with Gasteiger partial charge in [-0.15, -0.1) is 0 Å². The van der Waals surface area contributed by atoms with Gasteiger partial charge in [-0.1, -0.05) is 25.1 Å². The van der Waals surface area contributed by atoms with E-state index in [1.54, 1.807) is 28.5 Å². The maximum Gasteiger partial charge on any atom is 0.258 e. The molecule has 2 amide bonds. The van der Waals surface area contributed by atoms with Gasteiger partial charge < -0.3 is 19.9 Å². The Labute approximate surface area is 203 Å². The van der Waals surface area contributed by atoms with E-state index in [1.165, 1.54) is 12.1 Å². The number of aliphatic hydroxyl groups is 1. The normalized spacial score (nSPS) is 24.8. The van der Waals surface area contributed by atoms with Crippen LogP contribution in [0.1, 0.15) is 55.5 Å². The predicted molar refractivity (Wildman–Crippen MR) is 129 cm³/mol. The Morgan fingerprint density at radius 2 is 1.94 bits per heavy atom. The van der Waals surface area contributed by atoms with Crippen molar-refractivity contribution in [3.05, 3.63) is 75.5 Å². The standard InChI is InChI=1S/C27H30FN3O4/c1-2-23(33)31-24-20(14-30-22(24)12-11-19(27(30)35)17-5-3-4-6-17)21(15-32)25(31)26(34)29-13-16-7-9-18(28)10-8-16/h5,7-12,20-21,24-25,32H,2-4,6,13-15H2,1H3,(H,29,34)/t20-,21-,24+,25-/m1/s1. The first-order chi connectivity index (χ1) is 16.9. The summed E-state index contributed by atoms with van der Waals surface area (Å²) < 4.78 is 14.9. The highest BCUT2D eigenvalue weighted by Gasteiger charge is 2.57. The highest BCUT2D eigenvalue weighted by molar-refractivity contribution is 5.89. The number of hydrogen-bond donors (Lipinski definition) is 2. The topological polar surface area (TPSA) is 91.6 Å². The fourth-order valence-electron chi connectivity index (χ4n) is 6.01. The second kappa shape index (κ2) is 9.41. The number of aromatic nitrogens is 1. The number of nitrogens with zero attached hydrogens (tertiary/aromatic N) is 2. The van der Waals surface area contributed by atoms with Gasteiger partial charge in [-0.25, -0.2) is 4.39 Å². The van der Waals surface area contributed by atoms with E-state index >= 15 is 0 Å². The zero-order valence-corrected chi connectivity index (χ0v) is 19.7. The van der Waals surface area contributed by atoms with Crippen molar-refractivity contribution in [1.29, 1.82) is 0 Å². The number of likely N-dealkylation sites (tertiary alicyclic amines) is 1. The van der Waals surface area contributed by atoms with Crippen LogP contribution in [0.15, 0.2) is 47.3 Å². The number of benzene rings is 1. The van der Waals surface area contributed by atoms with Crippen LogP contribution >= 0.6 is 0 Å². The van der Waals surface area contributed by atoms with Crippen LogP contribution in [-0.2, 0) is 22.7 Å². The average molecular weight is 480 g/mol. The molecule has 1 aromatic heterocycles. The van der Waals surface area contributed by atoms with Crippen molar-refractivity contribution in [3.63, 3.8) is 0 Å². The molecule has 5 rings (SSSR count). The van der Waals surface area contributed by atoms with Crippen LogP contribution in [0, 0.1) is 17.7 Å². The summed E-state index contributed by atoms with van der Waals surface area (Å²) >= 11 is 0. The van der Waals surface area contributed by atoms with Gasteiger partial charge in [-0.2, -0.15) is 0 Å². The van der Waals surface area contributed by atoms with E-state index in [1.807, 2.05) is 12.1 Å². The molecular formula is C27H30FN3O4. The first-order valence-corrected chi connectivity index (χ1v) is 12.3. The molecule has 3 heterocycles. The molecule has 184 valence electrons. The molecule has 2 aromatic rings. The number of carbonyl (C=O) groups is 2. The van der Waals surface area contributed by atoms with Crippen molar-refractivity contribution >= 4 is 17.4 Å². The van der Waals surface area contributed by atoms with Crippen molar-refractivity contribution in [2.45, 2.75) is 57.8 Å². The molecule has 2 aliphatic heterocycles. The van der Waals surface area contributed by atoms with Crippen LogP contribution in [-0.4, -0.2) is 39.0 Å². The van der Waals surface area contributed by atoms with Crippen LogP contribution in [0.2, 0.25) is 0 Å². The van der Waals surface area contributed by atoms with Crippen molar-refractivity contribution in [2.24, 2.45) is 11.8 Å². The van der Waals surface area contributed by atoms with Gasteiger partial charge in [0.25, 0.3) is 5.56 Å². The third-order valence-corrected chi connectivity index (χ3v) is 7.70. The number of carbonyl (C=O) groups excluding carboxylic acids is 2. The van der Waals surface area contributed by atoms with E-state index in [9.17, 15) is 23.9 Å². The van der Waals surface area contributed by atoms with Gasteiger partial charge >= 0.3 is 0 Å². The van der Waals surface area contributed by atoms with Crippen molar-refractivity contribution < 1.29 is 19.1 Å². The van der Waals surface area contributed by atoms with Crippen molar-refractivity contribution in [2.75, 3.05) is 6.61 Å². The summed E-state index contributed by atoms with van der Waals surface area (Å²) in [6.45, 7) is 2.02. The Hall–Kier alpha value is -3.26. The van der Waals surface area contributed by atoms with E-state index in [0.29, 0.717) is 12.1 Å². The SMILES string of the molecule is CCC(=O)N1[C@@H]2c3ccc(C4=CCCC4)c(=O)n3C[C@@H]2[C@@H](CO)[C@@H]1C(=O)NCc1ccc(F)cc1. The Morgan fingerprint density at radius 1 is 1.17 bits per heavy atom. The minimum absolute atomic E-state index is 0.0667. The highest BCUT2D eigenvalue weighted by Crippen LogP contribution is 2.49. The van der Waals surface area contributed by atoms with Gasteiger partial charge in [0.05, 0.1) is 6.04 Å². The molecule has 0 radical (unpaired) electrons. The summed E-state index contributed by atoms with van der Waals surface area (Å²) in [4.78, 5) is 41.4. The largest absolute Gasteiger partial charge is 0.396 e. The molecule has 1 saturated heterocycles. The third kappa shape index (κ3) is 3.99. The van der Waals surface area contributed by atoms with Crippen LogP contribution in [0.5, 0.6) is 0 Å². The van der Waals surface area contributed by atoms with E-state index < -0.39 is 18.0 Å². The summed E-state index contributed by atoms with van der Waals surface area (Å²) in [7, 11) is 0. The van der Waals surface area contributed by atoms with Gasteiger partial charge in [0, 0.05) is 49.2 Å². The first-order valence-electron chi connectivity index (χ1n) is 12.3. The van der Waals surface area contributed by atoms with Gasteiger partial charge in [-0.05, 0) is 54.7 Å². The van der Waals surface area contributed by atoms with Crippen LogP contribution in [0.25, 0.3) is 5.57 Å². The molecule has 0 bridgehead atoms. The Morgan fingerprint density at radius 3 is 2.60 bits per heavy atom. The fraction of sp³-hybridized carbons (Fsp3) is 0.444. The number of fused-ring (bicyclic) bond motifs is 3. The lowest BCUT2D eigenvalue weighted by Crippen LogP contribution is -2.50. The fourth-order valence-corrected chi connectivity index (χ4v) is 6.01. The number of halogens is 1. The second-order valence-electron chi connectivity index (χ2n) is 9.61. The number of pyridine rings is 1. The monoisotopic (exact) mass is 479 g/mol. The Kier molecular flexibility index (Phi) is 6.32. The minimum atomic E-state index is -0.844. The molecule has 0 unspecified atom stereocenters. The van der Waals surface area contributed by atoms with Gasteiger partial charge in [-0.3, -0.25) is 14.4 Å². The molecule has 8 heteroatoms. The molecule has 0 spiro atoms. The summed E-state index contributed by atoms with van der Waals surface area (Å²) in [6, 6.07) is 8.31. The zero-order chi connectivity index (χ0) is 24.7. The van der Waals surface area contributed by atoms with E-state index in [2.05, 4.69) is 11.4 Å². The zero-order valence-electron chi connectivity index (χ0n) is 19.7. The predicted octanol–water partition coefficient (Wildman–Crippen LogP) is 2.77. The summed E-state index contributed by atoms with van der Waals surface area (Å²) in [5, 5.41) is 13.2. The summed E-state index contributed by atoms with van der Waals surface area (Å²) in [6.07, 6.45) is 5.23. The molecule has 0 saturated carbocycles. The molecule has 7 nitrogen and oxygen atoms in total. The second-order valence-corrected chi connectivity index (χ2v) is 9.61. The van der Waals surface area contributed by atoms with Gasteiger partial charge in [0.15, 0.2) is 0 Å². The lowest BCUT2D eigenvalue weighted by atomic mass is 9.88. The third-order valence-electron chi connectivity index (χ3n) is 7.70. The lowest BCUT2D eigenvalue weighted by Gasteiger charge is -2.31. The van der Waals surface area contributed by atoms with Crippen LogP contribution in [0.4, 0.5) is 4.39 Å². The van der Waals surface area contributed by atoms with Crippen molar-refractivity contribution in [3.8, 4) is 0 Å². The lowest BCUT2D eigenvalue weighted by molar-refractivity contribution is -0.141. The first kappa shape index (κ1) is 23.5. The maximum atomic E-state index is 13.4. The van der Waals surface area contributed by atoms with E-state index in [0.717, 1.165) is 36.1 Å². The number of allylic oxidation sites excluding steroid dienone is 2. The van der Waals surface area contributed by atoms with Crippen molar-refractivity contribution in [1.82, 2.24) is 14.8 Å². The molecule has 1 aliphatic carbocycles. The summed E-state index contributed by atoms with van der Waals surface area (Å²) in [5.41, 5.74) is 3.16.